The summed E-state index contributed by atoms with van der Waals surface area (Å²) in [7, 11) is 7.13. The first-order valence-electron chi connectivity index (χ1n) is 43.2. The first-order chi connectivity index (χ1) is 66.0. The van der Waals surface area contributed by atoms with Gasteiger partial charge in [-0.1, -0.05) is 41.6 Å². The average Bonchev–Trinajstić information content (AvgIpc) is 1.78. The van der Waals surface area contributed by atoms with Crippen LogP contribution in [0.2, 0.25) is 5.02 Å². The molecule has 0 saturated carbocycles. The van der Waals surface area contributed by atoms with Gasteiger partial charge in [-0.25, -0.2) is 39.9 Å². The van der Waals surface area contributed by atoms with Crippen LogP contribution in [0.4, 0.5) is 57.9 Å². The summed E-state index contributed by atoms with van der Waals surface area (Å²) in [5.41, 5.74) is 15.8. The molecule has 0 radical (unpaired) electrons. The van der Waals surface area contributed by atoms with Gasteiger partial charge >= 0.3 is 0 Å². The highest BCUT2D eigenvalue weighted by Gasteiger charge is 2.26. The third kappa shape index (κ3) is 23.0. The number of terminal acetylenes is 2. The molecule has 20 rings (SSSR count). The molecule has 36 heteroatoms. The van der Waals surface area contributed by atoms with Gasteiger partial charge in [0.25, 0.3) is 0 Å². The molecule has 0 aliphatic carbocycles. The first kappa shape index (κ1) is 89.8. The number of halogens is 1. The minimum absolute atomic E-state index is 0.0571. The standard InChI is InChI=1S/C27H29N7O3.2C26H22N8O2.C20H17ClN4O/c1-6-18-9-20-14-29-27(32-26(20)24(10-18)36-5)31-22-11-19(21-15-30-34(4)16-21)12-23(13-22)37-8-7-28-25(35)17-33(2)3;35-25-5-2-10-34(25)20-4-1-3-18(12-20)31-26-29-14-17-11-21(22-6-7-30-33-22)24(13-23(17)32-26)36-16-19-15-27-8-9-28-19;35-25-5-2-8-34(25)21-4-1-3-19(10-21)32-26-29-12-17-9-22(18-13-30-31-14-18)24(11-23(17)33-26)36-16-20-15-27-6-7-28-20;1-2-13-6-7-18-17(19(13)21)12-23-20(25-18)24-14-4-3-5-15(10-14)26-16-8-9-22-11-16/h1,9-16H,7-8,17H2,2-5H3,(H,28,35)(H,29,31,32);1,3-4,6-9,11-15H,2,5,10,16H2,(H,30,33)(H,29,31,32);1,3-4,6-7,9-15H,2,5,8,16H2,(H,30,31)(H,29,32,33);1,3-7,10,12,16,22H,8-9,11H2,(H,23,24,25)/t;;;16-/m...1/s1. The SMILES string of the molecule is C#Cc1cc(OC)c2nc(Nc3cc(OCCNC(=O)CN(C)C)cc(-c4cnn(C)c4)c3)ncc2c1.C#Cc1ccc2nc(Nc3cccc(O[C@@H]4CCNC4)c3)ncc2c1Cl.O=C1CCCN1c1cccc(Nc2ncc3cc(-c4ccn[nH]4)c(OCc4cnccn4)cc3n2)c1.O=C1CCCN1c1cccc(Nc2ncc3cc(-c4cn[nH]c4)c(OCc4cnccn4)cc3n2)c1. The minimum atomic E-state index is -0.0571. The number of likely N-dealkylation sites (N-methyl/N-ethyl adjacent to an activating group) is 1. The molecule has 3 aliphatic heterocycles. The van der Waals surface area contributed by atoms with Gasteiger partial charge in [-0.15, -0.1) is 12.8 Å². The van der Waals surface area contributed by atoms with Gasteiger partial charge in [-0.2, -0.15) is 15.3 Å². The van der Waals surface area contributed by atoms with E-state index in [1.165, 1.54) is 0 Å². The summed E-state index contributed by atoms with van der Waals surface area (Å²) in [6.07, 6.45) is 40.9. The molecule has 3 aliphatic rings. The number of aromatic amines is 2. The number of hydrogen-bond acceptors (Lipinski definition) is 29. The molecular weight excluding hydrogens is 1730 g/mol. The lowest BCUT2D eigenvalue weighted by Gasteiger charge is -2.17. The smallest absolute Gasteiger partial charge is 0.234 e. The van der Waals surface area contributed by atoms with Crippen LogP contribution in [0.3, 0.4) is 0 Å². The third-order valence-corrected chi connectivity index (χ3v) is 22.0. The summed E-state index contributed by atoms with van der Waals surface area (Å²) >= 11 is 6.29. The number of fused-ring (bicyclic) bond motifs is 4. The van der Waals surface area contributed by atoms with Crippen molar-refractivity contribution >= 4 is 131 Å². The molecule has 135 heavy (non-hydrogen) atoms. The van der Waals surface area contributed by atoms with Crippen LogP contribution < -0.4 is 65.4 Å². The highest BCUT2D eigenvalue weighted by molar-refractivity contribution is 6.36. The molecule has 35 nitrogen and oxygen atoms in total. The van der Waals surface area contributed by atoms with Gasteiger partial charge in [0.15, 0.2) is 0 Å². The normalized spacial score (nSPS) is 13.2. The lowest BCUT2D eigenvalue weighted by molar-refractivity contribution is -0.122. The van der Waals surface area contributed by atoms with Crippen molar-refractivity contribution in [1.82, 2.24) is 106 Å². The van der Waals surface area contributed by atoms with Crippen LogP contribution in [0.25, 0.3) is 77.1 Å². The van der Waals surface area contributed by atoms with Crippen LogP contribution in [0.5, 0.6) is 28.7 Å². The lowest BCUT2D eigenvalue weighted by Crippen LogP contribution is -2.35. The van der Waals surface area contributed by atoms with Gasteiger partial charge < -0.3 is 70.3 Å². The number of hydrogen-bond donors (Lipinski definition) is 8. The molecule has 0 bridgehead atoms. The summed E-state index contributed by atoms with van der Waals surface area (Å²) in [5.74, 6) is 10.5. The van der Waals surface area contributed by atoms with Crippen LogP contribution >= 0.6 is 11.6 Å². The van der Waals surface area contributed by atoms with Crippen molar-refractivity contribution in [3.05, 3.63) is 266 Å². The van der Waals surface area contributed by atoms with Crippen LogP contribution in [-0.2, 0) is 34.6 Å². The Morgan fingerprint density at radius 1 is 0.570 bits per heavy atom. The maximum Gasteiger partial charge on any atom is 0.234 e. The summed E-state index contributed by atoms with van der Waals surface area (Å²) < 4.78 is 31.4. The Balaban J connectivity index is 0.000000126. The zero-order chi connectivity index (χ0) is 92.9. The van der Waals surface area contributed by atoms with E-state index in [-0.39, 0.29) is 37.0 Å². The zero-order valence-corrected chi connectivity index (χ0v) is 74.5. The zero-order valence-electron chi connectivity index (χ0n) is 73.8. The number of aryl methyl sites for hydroxylation is 1. The van der Waals surface area contributed by atoms with Gasteiger partial charge in [0.2, 0.25) is 41.5 Å². The quantitative estimate of drug-likeness (QED) is 0.0167. The summed E-state index contributed by atoms with van der Waals surface area (Å²) in [5, 5.41) is 41.1. The number of aromatic nitrogens is 18. The number of H-pyrrole nitrogens is 2. The van der Waals surface area contributed by atoms with E-state index in [9.17, 15) is 14.4 Å². The van der Waals surface area contributed by atoms with E-state index in [0.29, 0.717) is 101 Å². The minimum Gasteiger partial charge on any atom is -0.494 e. The Labute approximate surface area is 779 Å². The third-order valence-electron chi connectivity index (χ3n) is 21.6. The fourth-order valence-electron chi connectivity index (χ4n) is 15.1. The van der Waals surface area contributed by atoms with Crippen molar-refractivity contribution in [2.75, 3.05) is 98.1 Å². The second-order valence-electron chi connectivity index (χ2n) is 31.5. The Hall–Kier alpha value is -17.2. The van der Waals surface area contributed by atoms with E-state index in [1.807, 2.05) is 182 Å². The predicted octanol–water partition coefficient (Wildman–Crippen LogP) is 15.1. The van der Waals surface area contributed by atoms with Gasteiger partial charge in [-0.05, 0) is 149 Å². The topological polar surface area (TPSA) is 409 Å². The number of anilines is 10. The van der Waals surface area contributed by atoms with E-state index < -0.39 is 0 Å². The summed E-state index contributed by atoms with van der Waals surface area (Å²) in [4.78, 5) is 94.7. The Kier molecular flexibility index (Phi) is 28.3. The second-order valence-corrected chi connectivity index (χ2v) is 31.9. The number of benzene rings is 8. The molecule has 17 aromatic rings. The molecule has 9 aromatic heterocycles. The maximum absolute atomic E-state index is 12.1. The van der Waals surface area contributed by atoms with Crippen LogP contribution in [0.15, 0.2) is 239 Å². The number of methoxy groups -OCH3 is 1. The molecule has 3 amide bonds. The molecule has 3 fully saturated rings. The predicted molar refractivity (Wildman–Crippen MR) is 517 cm³/mol. The molecule has 8 aromatic carbocycles. The van der Waals surface area contributed by atoms with E-state index in [2.05, 4.69) is 119 Å². The lowest BCUT2D eigenvalue weighted by atomic mass is 10.1. The number of carbonyl (C=O) groups excluding carboxylic acids is 3. The maximum atomic E-state index is 12.1. The molecule has 0 spiro atoms. The van der Waals surface area contributed by atoms with Crippen LogP contribution in [-0.4, -0.2) is 186 Å². The second kappa shape index (κ2) is 42.6. The fourth-order valence-corrected chi connectivity index (χ4v) is 15.4. The summed E-state index contributed by atoms with van der Waals surface area (Å²) in [6.45, 7) is 4.92. The van der Waals surface area contributed by atoms with Crippen molar-refractivity contribution in [2.24, 2.45) is 7.05 Å². The number of nitrogens with one attached hydrogen (secondary N) is 8. The fraction of sp³-hybridized carbons (Fsp3) is 0.192. The van der Waals surface area contributed by atoms with Gasteiger partial charge in [-0.3, -0.25) is 49.2 Å². The van der Waals surface area contributed by atoms with Crippen LogP contribution in [0, 0.1) is 24.7 Å². The van der Waals surface area contributed by atoms with Gasteiger partial charge in [0, 0.05) is 221 Å². The van der Waals surface area contributed by atoms with Crippen molar-refractivity contribution in [2.45, 2.75) is 51.4 Å². The number of nitrogens with zero attached hydrogens (tertiary/aromatic N) is 19. The molecular formula is C99H90ClN27O8. The van der Waals surface area contributed by atoms with Gasteiger partial charge in [0.1, 0.15) is 60.2 Å². The number of ether oxygens (including phenoxy) is 5. The van der Waals surface area contributed by atoms with E-state index >= 15 is 0 Å². The molecule has 3 saturated heterocycles. The molecule has 676 valence electrons. The number of carbonyl (C=O) groups is 3. The first-order valence-corrected chi connectivity index (χ1v) is 43.5. The molecule has 12 heterocycles. The van der Waals surface area contributed by atoms with Gasteiger partial charge in [0.05, 0.1) is 83.6 Å². The largest absolute Gasteiger partial charge is 0.494 e. The van der Waals surface area contributed by atoms with Crippen molar-refractivity contribution in [3.8, 4) is 86.9 Å². The highest BCUT2D eigenvalue weighted by Crippen LogP contribution is 2.39. The molecule has 0 unspecified atom stereocenters. The van der Waals surface area contributed by atoms with Crippen molar-refractivity contribution in [1.29, 1.82) is 0 Å². The Morgan fingerprint density at radius 2 is 1.19 bits per heavy atom. The Morgan fingerprint density at radius 3 is 1.77 bits per heavy atom. The Bertz CT molecular complexity index is 6950. The summed E-state index contributed by atoms with van der Waals surface area (Å²) in [6, 6.07) is 45.8. The number of amides is 3. The van der Waals surface area contributed by atoms with Crippen LogP contribution in [0.1, 0.15) is 54.6 Å². The van der Waals surface area contributed by atoms with E-state index in [4.69, 9.17) is 58.1 Å². The van der Waals surface area contributed by atoms with E-state index in [1.54, 1.807) is 104 Å². The van der Waals surface area contributed by atoms with Crippen molar-refractivity contribution < 1.29 is 38.1 Å². The van der Waals surface area contributed by atoms with E-state index in [0.717, 1.165) is 168 Å². The van der Waals surface area contributed by atoms with Crippen molar-refractivity contribution in [3.63, 3.8) is 0 Å². The highest BCUT2D eigenvalue weighted by atomic mass is 35.5. The monoisotopic (exact) mass is 1820 g/mol. The average molecular weight is 1820 g/mol. The number of rotatable bonds is 28. The molecule has 1 atom stereocenters. The molecule has 8 N–H and O–H groups in total.